The molecular weight excluding hydrogens is 875 g/mol. The van der Waals surface area contributed by atoms with E-state index in [1.807, 2.05) is 48.7 Å². The zero-order chi connectivity index (χ0) is 47.9. The van der Waals surface area contributed by atoms with E-state index in [1.165, 1.54) is 5.56 Å². The third kappa shape index (κ3) is 6.36. The van der Waals surface area contributed by atoms with Crippen LogP contribution in [0.4, 0.5) is 5.69 Å². The average molecular weight is 914 g/mol. The molecule has 0 fully saturated rings. The van der Waals surface area contributed by atoms with Gasteiger partial charge in [-0.05, 0) is 163 Å². The third-order valence-electron chi connectivity index (χ3n) is 14.5. The molecule has 14 aromatic rings. The molecule has 72 heavy (non-hydrogen) atoms. The van der Waals surface area contributed by atoms with Gasteiger partial charge in [0.1, 0.15) is 0 Å². The number of nitrogens with zero attached hydrogens (tertiary/aromatic N) is 5. The van der Waals surface area contributed by atoms with Crippen molar-refractivity contribution in [2.24, 2.45) is 0 Å². The number of hydrogen-bond donors (Lipinski definition) is 0. The van der Waals surface area contributed by atoms with E-state index in [4.69, 9.17) is 11.6 Å². The predicted octanol–water partition coefficient (Wildman–Crippen LogP) is 17.8. The lowest BCUT2D eigenvalue weighted by atomic mass is 9.83. The minimum absolute atomic E-state index is 0.618. The summed E-state index contributed by atoms with van der Waals surface area (Å²) in [4.78, 5) is 8.88. The van der Waals surface area contributed by atoms with Crippen LogP contribution < -0.4 is 0 Å². The second-order valence-corrected chi connectivity index (χ2v) is 18.5. The molecule has 332 valence electrons. The minimum atomic E-state index is 0.618. The van der Waals surface area contributed by atoms with Crippen molar-refractivity contribution in [1.82, 2.24) is 14.1 Å². The highest BCUT2D eigenvalue weighted by atomic mass is 15.0. The summed E-state index contributed by atoms with van der Waals surface area (Å²) < 4.78 is 4.59. The molecule has 0 saturated heterocycles. The average Bonchev–Trinajstić information content (AvgIpc) is 3.96. The van der Waals surface area contributed by atoms with E-state index in [0.717, 1.165) is 126 Å². The Labute approximate surface area is 414 Å². The van der Waals surface area contributed by atoms with Crippen molar-refractivity contribution < 1.29 is 0 Å². The number of pyridine rings is 1. The Kier molecular flexibility index (Phi) is 9.26. The van der Waals surface area contributed by atoms with Gasteiger partial charge in [0, 0.05) is 44.7 Å². The van der Waals surface area contributed by atoms with Crippen molar-refractivity contribution >= 4 is 81.7 Å². The molecule has 14 rings (SSSR count). The van der Waals surface area contributed by atoms with E-state index < -0.39 is 0 Å². The van der Waals surface area contributed by atoms with Crippen molar-refractivity contribution in [3.63, 3.8) is 0 Å². The molecule has 0 aliphatic rings. The maximum absolute atomic E-state index is 10.0. The lowest BCUT2D eigenvalue weighted by Crippen LogP contribution is -1.94. The Morgan fingerprint density at radius 1 is 0.389 bits per heavy atom. The first-order valence-electron chi connectivity index (χ1n) is 24.1. The quantitative estimate of drug-likeness (QED) is 0.123. The van der Waals surface area contributed by atoms with Crippen LogP contribution in [0.2, 0.25) is 0 Å². The smallest absolute Gasteiger partial charge is 0.188 e. The van der Waals surface area contributed by atoms with Crippen LogP contribution in [0.5, 0.6) is 0 Å². The topological polar surface area (TPSA) is 50.9 Å². The molecule has 5 nitrogen and oxygen atoms in total. The minimum Gasteiger partial charge on any atom is -0.309 e. The highest BCUT2D eigenvalue weighted by Gasteiger charge is 2.22. The summed E-state index contributed by atoms with van der Waals surface area (Å²) in [5.74, 6) is 0. The Balaban J connectivity index is 1.03. The number of nitriles is 1. The molecule has 0 aliphatic carbocycles. The van der Waals surface area contributed by atoms with Gasteiger partial charge in [0.25, 0.3) is 0 Å². The van der Waals surface area contributed by atoms with Crippen molar-refractivity contribution in [2.75, 3.05) is 0 Å². The second-order valence-electron chi connectivity index (χ2n) is 18.5. The molecule has 0 bridgehead atoms. The van der Waals surface area contributed by atoms with E-state index in [9.17, 15) is 5.26 Å². The Hall–Kier alpha value is -10.1. The zero-order valence-corrected chi connectivity index (χ0v) is 38.8. The maximum Gasteiger partial charge on any atom is 0.188 e. The second kappa shape index (κ2) is 16.3. The fraction of sp³-hybridized carbons (Fsp3) is 0. The SMILES string of the molecule is [C-]#[N+]c1ccc2c(c1)c1cc(-c3ccc4c(-c5ccccc5)c5cc(-c6ccc7c(c6)c6cc(C#N)ccc6n7-c6ccccc6)ccc5c(-c5cccc6cccnc56)c4c3)ccc1n2-c1ccccc1. The first-order chi connectivity index (χ1) is 35.6. The van der Waals surface area contributed by atoms with Crippen LogP contribution in [0, 0.1) is 17.9 Å². The van der Waals surface area contributed by atoms with Crippen molar-refractivity contribution in [2.45, 2.75) is 0 Å². The van der Waals surface area contributed by atoms with Crippen LogP contribution >= 0.6 is 0 Å². The summed E-state index contributed by atoms with van der Waals surface area (Å²) in [6, 6.07) is 84.1. The molecule has 0 spiro atoms. The van der Waals surface area contributed by atoms with Gasteiger partial charge in [-0.15, -0.1) is 0 Å². The van der Waals surface area contributed by atoms with E-state index in [0.29, 0.717) is 11.3 Å². The number of fused-ring (bicyclic) bond motifs is 9. The summed E-state index contributed by atoms with van der Waals surface area (Å²) in [7, 11) is 0. The van der Waals surface area contributed by atoms with Crippen LogP contribution in [-0.2, 0) is 0 Å². The first kappa shape index (κ1) is 40.9. The molecule has 3 heterocycles. The summed E-state index contributed by atoms with van der Waals surface area (Å²) in [6.45, 7) is 7.89. The third-order valence-corrected chi connectivity index (χ3v) is 14.5. The highest BCUT2D eigenvalue weighted by molar-refractivity contribution is 6.24. The monoisotopic (exact) mass is 913 g/mol. The highest BCUT2D eigenvalue weighted by Crippen LogP contribution is 2.48. The first-order valence-corrected chi connectivity index (χ1v) is 24.1. The molecule has 0 amide bonds. The summed E-state index contributed by atoms with van der Waals surface area (Å²) >= 11 is 0. The Morgan fingerprint density at radius 2 is 0.875 bits per heavy atom. The van der Waals surface area contributed by atoms with Gasteiger partial charge < -0.3 is 9.13 Å². The van der Waals surface area contributed by atoms with E-state index in [1.54, 1.807) is 0 Å². The number of hydrogen-bond acceptors (Lipinski definition) is 2. The number of para-hydroxylation sites is 3. The lowest BCUT2D eigenvalue weighted by Gasteiger charge is -2.20. The van der Waals surface area contributed by atoms with Gasteiger partial charge in [0.2, 0.25) is 0 Å². The van der Waals surface area contributed by atoms with Gasteiger partial charge in [0.05, 0.1) is 45.8 Å². The number of rotatable bonds is 6. The van der Waals surface area contributed by atoms with Crippen LogP contribution in [0.15, 0.2) is 237 Å². The maximum atomic E-state index is 10.0. The van der Waals surface area contributed by atoms with Crippen LogP contribution in [0.3, 0.4) is 0 Å². The predicted molar refractivity (Wildman–Crippen MR) is 298 cm³/mol. The van der Waals surface area contributed by atoms with Crippen LogP contribution in [0.25, 0.3) is 137 Å². The summed E-state index contributed by atoms with van der Waals surface area (Å²) in [5.41, 5.74) is 17.5. The van der Waals surface area contributed by atoms with Gasteiger partial charge in [0.15, 0.2) is 5.69 Å². The normalized spacial score (nSPS) is 11.6. The molecule has 0 radical (unpaired) electrons. The van der Waals surface area contributed by atoms with E-state index in [2.05, 4.69) is 208 Å². The molecule has 0 atom stereocenters. The van der Waals surface area contributed by atoms with Gasteiger partial charge in [-0.3, -0.25) is 4.98 Å². The summed E-state index contributed by atoms with van der Waals surface area (Å²) in [5, 5.41) is 19.9. The lowest BCUT2D eigenvalue weighted by molar-refractivity contribution is 1.18. The van der Waals surface area contributed by atoms with Gasteiger partial charge >= 0.3 is 0 Å². The van der Waals surface area contributed by atoms with E-state index >= 15 is 0 Å². The van der Waals surface area contributed by atoms with Crippen LogP contribution in [0.1, 0.15) is 5.56 Å². The molecule has 0 unspecified atom stereocenters. The van der Waals surface area contributed by atoms with Crippen molar-refractivity contribution in [3.8, 4) is 62.0 Å². The molecule has 0 saturated carbocycles. The van der Waals surface area contributed by atoms with Gasteiger partial charge in [-0.2, -0.15) is 5.26 Å². The van der Waals surface area contributed by atoms with Crippen molar-refractivity contribution in [1.29, 1.82) is 5.26 Å². The van der Waals surface area contributed by atoms with Crippen molar-refractivity contribution in [3.05, 3.63) is 254 Å². The number of aromatic nitrogens is 3. The number of benzene rings is 11. The summed E-state index contributed by atoms with van der Waals surface area (Å²) in [6.07, 6.45) is 1.89. The fourth-order valence-electron chi connectivity index (χ4n) is 11.3. The Morgan fingerprint density at radius 3 is 1.47 bits per heavy atom. The molecule has 5 heteroatoms. The van der Waals surface area contributed by atoms with Gasteiger partial charge in [-0.25, -0.2) is 4.85 Å². The Bertz CT molecular complexity index is 4620. The standard InChI is InChI=1S/C67H39N5/c1-69-49-27-33-64-58(40-49)57-37-48(26-32-63(57)72(64)51-19-9-4-10-20-51)46-23-28-52-60(39-46)66(54-21-11-15-44-16-12-34-70-67(44)54)53-29-24-45(38-59(53)65(52)43-13-5-2-6-14-43)47-25-31-62-56(36-47)55-35-42(41-68)22-30-61(55)71(62)50-17-7-3-8-18-50/h2-40H. The largest absolute Gasteiger partial charge is 0.309 e. The van der Waals surface area contributed by atoms with E-state index in [-0.39, 0.29) is 0 Å². The fourth-order valence-corrected chi connectivity index (χ4v) is 11.3. The van der Waals surface area contributed by atoms with Crippen LogP contribution in [-0.4, -0.2) is 14.1 Å². The molecule has 0 aliphatic heterocycles. The molecule has 11 aromatic carbocycles. The zero-order valence-electron chi connectivity index (χ0n) is 38.8. The molecular formula is C67H39N5. The molecule has 3 aromatic heterocycles. The van der Waals surface area contributed by atoms with Gasteiger partial charge in [-0.1, -0.05) is 133 Å². The molecule has 0 N–H and O–H groups in total.